The molecule has 1 nitrogen and oxygen atoms in total. The van der Waals surface area contributed by atoms with Gasteiger partial charge in [0.1, 0.15) is 0 Å². The van der Waals surface area contributed by atoms with Crippen molar-refractivity contribution in [2.45, 2.75) is 30.7 Å². The van der Waals surface area contributed by atoms with Crippen molar-refractivity contribution in [1.82, 2.24) is 4.90 Å². The van der Waals surface area contributed by atoms with E-state index in [1.807, 2.05) is 0 Å². The van der Waals surface area contributed by atoms with E-state index in [2.05, 4.69) is 96.8 Å². The molecule has 1 fully saturated rings. The van der Waals surface area contributed by atoms with Crippen molar-refractivity contribution in [3.8, 4) is 0 Å². The molecular weight excluding hydrogens is 350 g/mol. The Kier molecular flexibility index (Phi) is 5.33. The van der Waals surface area contributed by atoms with Gasteiger partial charge in [-0.3, -0.25) is 4.90 Å². The lowest BCUT2D eigenvalue weighted by atomic mass is 9.69. The summed E-state index contributed by atoms with van der Waals surface area (Å²) in [6, 6.07) is 30.6. The van der Waals surface area contributed by atoms with Crippen LogP contribution in [0.5, 0.6) is 0 Å². The van der Waals surface area contributed by atoms with Crippen molar-refractivity contribution in [3.63, 3.8) is 0 Å². The Morgan fingerprint density at radius 1 is 0.852 bits per heavy atom. The van der Waals surface area contributed by atoms with Crippen LogP contribution in [-0.2, 0) is 12.0 Å². The van der Waals surface area contributed by atoms with Crippen LogP contribution in [-0.4, -0.2) is 23.4 Å². The van der Waals surface area contributed by atoms with E-state index >= 15 is 0 Å². The standard InChI is InChI=1S/C25H26ClN/c1-20-12-14-21(15-13-20)17-27-18-24(26)16-25(19-27,22-8-4-2-5-9-22)23-10-6-3-7-11-23/h2-15,24H,16-19H2,1H3. The maximum Gasteiger partial charge on any atom is 0.0475 e. The quantitative estimate of drug-likeness (QED) is 0.521. The first-order valence-electron chi connectivity index (χ1n) is 9.69. The maximum absolute atomic E-state index is 6.85. The molecule has 1 saturated heterocycles. The summed E-state index contributed by atoms with van der Waals surface area (Å²) in [6.07, 6.45) is 0.965. The van der Waals surface area contributed by atoms with E-state index in [1.165, 1.54) is 22.3 Å². The number of alkyl halides is 1. The van der Waals surface area contributed by atoms with Gasteiger partial charge in [0.2, 0.25) is 0 Å². The first-order chi connectivity index (χ1) is 13.2. The molecule has 0 spiro atoms. The zero-order valence-electron chi connectivity index (χ0n) is 15.8. The molecule has 0 aromatic heterocycles. The van der Waals surface area contributed by atoms with Crippen molar-refractivity contribution >= 4 is 11.6 Å². The van der Waals surface area contributed by atoms with Crippen molar-refractivity contribution in [2.24, 2.45) is 0 Å². The monoisotopic (exact) mass is 375 g/mol. The molecule has 0 aliphatic carbocycles. The predicted octanol–water partition coefficient (Wildman–Crippen LogP) is 5.79. The van der Waals surface area contributed by atoms with Gasteiger partial charge in [-0.2, -0.15) is 0 Å². The molecular formula is C25H26ClN. The van der Waals surface area contributed by atoms with Gasteiger partial charge in [-0.1, -0.05) is 90.5 Å². The number of benzene rings is 3. The highest BCUT2D eigenvalue weighted by Gasteiger charge is 2.41. The second kappa shape index (κ2) is 7.88. The lowest BCUT2D eigenvalue weighted by Gasteiger charge is -2.46. The van der Waals surface area contributed by atoms with Crippen molar-refractivity contribution < 1.29 is 0 Å². The summed E-state index contributed by atoms with van der Waals surface area (Å²) in [5.41, 5.74) is 5.29. The lowest BCUT2D eigenvalue weighted by Crippen LogP contribution is -2.50. The van der Waals surface area contributed by atoms with Gasteiger partial charge >= 0.3 is 0 Å². The zero-order chi connectivity index (χ0) is 18.7. The molecule has 0 bridgehead atoms. The van der Waals surface area contributed by atoms with E-state index in [0.717, 1.165) is 26.1 Å². The van der Waals surface area contributed by atoms with E-state index in [0.29, 0.717) is 0 Å². The Morgan fingerprint density at radius 3 is 1.96 bits per heavy atom. The summed E-state index contributed by atoms with van der Waals surface area (Å²) in [7, 11) is 0. The number of aryl methyl sites for hydroxylation is 1. The highest BCUT2D eigenvalue weighted by molar-refractivity contribution is 6.21. The van der Waals surface area contributed by atoms with Crippen molar-refractivity contribution in [3.05, 3.63) is 107 Å². The Hall–Kier alpha value is -2.09. The summed E-state index contributed by atoms with van der Waals surface area (Å²) in [6.45, 7) is 4.98. The fourth-order valence-corrected chi connectivity index (χ4v) is 4.86. The van der Waals surface area contributed by atoms with E-state index < -0.39 is 0 Å². The number of likely N-dealkylation sites (tertiary alicyclic amines) is 1. The molecule has 1 heterocycles. The largest absolute Gasteiger partial charge is 0.296 e. The molecule has 3 aromatic carbocycles. The highest BCUT2D eigenvalue weighted by atomic mass is 35.5. The molecule has 0 N–H and O–H groups in total. The molecule has 138 valence electrons. The number of hydrogen-bond acceptors (Lipinski definition) is 1. The van der Waals surface area contributed by atoms with E-state index in [-0.39, 0.29) is 10.8 Å². The van der Waals surface area contributed by atoms with Crippen LogP contribution in [0.4, 0.5) is 0 Å². The SMILES string of the molecule is Cc1ccc(CN2CC(Cl)CC(c3ccccc3)(c3ccccc3)C2)cc1. The van der Waals surface area contributed by atoms with Gasteiger partial charge in [-0.05, 0) is 30.0 Å². The van der Waals surface area contributed by atoms with Crippen LogP contribution in [0.1, 0.15) is 28.7 Å². The highest BCUT2D eigenvalue weighted by Crippen LogP contribution is 2.42. The summed E-state index contributed by atoms with van der Waals surface area (Å²) >= 11 is 6.85. The molecule has 1 aliphatic rings. The van der Waals surface area contributed by atoms with Crippen molar-refractivity contribution in [2.75, 3.05) is 13.1 Å². The summed E-state index contributed by atoms with van der Waals surface area (Å²) in [5, 5.41) is 0.129. The average molecular weight is 376 g/mol. The number of piperidine rings is 1. The van der Waals surface area contributed by atoms with Gasteiger partial charge in [-0.25, -0.2) is 0 Å². The molecule has 2 heteroatoms. The second-order valence-corrected chi connectivity index (χ2v) is 8.39. The Labute approximate surface area is 167 Å². The van der Waals surface area contributed by atoms with Crippen LogP contribution >= 0.6 is 11.6 Å². The lowest BCUT2D eigenvalue weighted by molar-refractivity contribution is 0.164. The van der Waals surface area contributed by atoms with Crippen LogP contribution in [0.15, 0.2) is 84.9 Å². The second-order valence-electron chi connectivity index (χ2n) is 7.77. The number of hydrogen-bond donors (Lipinski definition) is 0. The molecule has 27 heavy (non-hydrogen) atoms. The summed E-state index contributed by atoms with van der Waals surface area (Å²) < 4.78 is 0. The number of nitrogens with zero attached hydrogens (tertiary/aromatic N) is 1. The smallest absolute Gasteiger partial charge is 0.0475 e. The Balaban J connectivity index is 1.71. The first-order valence-corrected chi connectivity index (χ1v) is 10.1. The molecule has 0 radical (unpaired) electrons. The molecule has 1 aliphatic heterocycles. The molecule has 0 amide bonds. The van der Waals surface area contributed by atoms with Crippen molar-refractivity contribution in [1.29, 1.82) is 0 Å². The fourth-order valence-electron chi connectivity index (χ4n) is 4.41. The molecule has 0 saturated carbocycles. The minimum Gasteiger partial charge on any atom is -0.296 e. The minimum absolute atomic E-state index is 0.0715. The third-order valence-electron chi connectivity index (χ3n) is 5.70. The van der Waals surface area contributed by atoms with Crippen LogP contribution in [0.3, 0.4) is 0 Å². The van der Waals surface area contributed by atoms with Crippen LogP contribution in [0.2, 0.25) is 0 Å². The molecule has 1 atom stereocenters. The summed E-state index contributed by atoms with van der Waals surface area (Å²) in [4.78, 5) is 2.52. The van der Waals surface area contributed by atoms with E-state index in [4.69, 9.17) is 11.6 Å². The van der Waals surface area contributed by atoms with E-state index in [1.54, 1.807) is 0 Å². The normalized spacial score (nSPS) is 19.7. The number of halogens is 1. The Bertz CT molecular complexity index is 818. The maximum atomic E-state index is 6.85. The third-order valence-corrected chi connectivity index (χ3v) is 5.99. The third kappa shape index (κ3) is 3.95. The van der Waals surface area contributed by atoms with Gasteiger partial charge in [0.05, 0.1) is 0 Å². The molecule has 1 unspecified atom stereocenters. The summed E-state index contributed by atoms with van der Waals surface area (Å²) in [5.74, 6) is 0. The molecule has 3 aromatic rings. The van der Waals surface area contributed by atoms with Gasteiger partial charge in [0.25, 0.3) is 0 Å². The van der Waals surface area contributed by atoms with Crippen LogP contribution < -0.4 is 0 Å². The van der Waals surface area contributed by atoms with Gasteiger partial charge in [0, 0.05) is 30.4 Å². The van der Waals surface area contributed by atoms with Gasteiger partial charge < -0.3 is 0 Å². The Morgan fingerprint density at radius 2 is 1.41 bits per heavy atom. The van der Waals surface area contributed by atoms with Crippen LogP contribution in [0.25, 0.3) is 0 Å². The minimum atomic E-state index is -0.0715. The topological polar surface area (TPSA) is 3.24 Å². The van der Waals surface area contributed by atoms with E-state index in [9.17, 15) is 0 Å². The first kappa shape index (κ1) is 18.3. The van der Waals surface area contributed by atoms with Gasteiger partial charge in [0.15, 0.2) is 0 Å². The van der Waals surface area contributed by atoms with Crippen LogP contribution in [0, 0.1) is 6.92 Å². The van der Waals surface area contributed by atoms with Gasteiger partial charge in [-0.15, -0.1) is 11.6 Å². The average Bonchev–Trinajstić information content (AvgIpc) is 2.70. The molecule has 4 rings (SSSR count). The fraction of sp³-hybridized carbons (Fsp3) is 0.280. The predicted molar refractivity (Wildman–Crippen MR) is 114 cm³/mol. The zero-order valence-corrected chi connectivity index (χ0v) is 16.6. The number of rotatable bonds is 4.